The zero-order valence-electron chi connectivity index (χ0n) is 21.6. The molecule has 0 aliphatic rings. The van der Waals surface area contributed by atoms with Gasteiger partial charge in [-0.25, -0.2) is 9.97 Å². The fourth-order valence-electron chi connectivity index (χ4n) is 3.85. The van der Waals surface area contributed by atoms with Gasteiger partial charge < -0.3 is 28.8 Å². The lowest BCUT2D eigenvalue weighted by molar-refractivity contribution is 0.377. The normalized spacial score (nSPS) is 11.0. The first-order chi connectivity index (χ1) is 18.5. The van der Waals surface area contributed by atoms with Crippen molar-refractivity contribution in [1.29, 1.82) is 0 Å². The van der Waals surface area contributed by atoms with Crippen LogP contribution in [0.3, 0.4) is 0 Å². The number of nitrogens with zero attached hydrogens (tertiary/aromatic N) is 4. The van der Waals surface area contributed by atoms with Gasteiger partial charge in [-0.15, -0.1) is 0 Å². The lowest BCUT2D eigenvalue weighted by Crippen LogP contribution is -1.98. The minimum absolute atomic E-state index is 0.526. The Morgan fingerprint density at radius 2 is 1.76 bits per heavy atom. The number of aryl methyl sites for hydroxylation is 2. The molecule has 0 radical (unpaired) electrons. The van der Waals surface area contributed by atoms with Crippen molar-refractivity contribution in [3.8, 4) is 28.6 Å². The molecule has 0 aliphatic carbocycles. The molecular weight excluding hydrogens is 506 g/mol. The van der Waals surface area contributed by atoms with Crippen LogP contribution in [-0.4, -0.2) is 46.7 Å². The number of H-pyrrole nitrogens is 1. The summed E-state index contributed by atoms with van der Waals surface area (Å²) in [6.45, 7) is 3.98. The van der Waals surface area contributed by atoms with Crippen molar-refractivity contribution >= 4 is 40.2 Å². The average Bonchev–Trinajstić information content (AvgIpc) is 3.57. The van der Waals surface area contributed by atoms with Gasteiger partial charge in [0.25, 0.3) is 0 Å². The SMILES string of the molecule is CCc1cc(Nc2cc3onc(NSc4c(OC)cc(-c5nccc(C)n5)cc4OC)c3cc2OC)n[nH]1. The molecule has 0 saturated heterocycles. The van der Waals surface area contributed by atoms with E-state index in [0.29, 0.717) is 46.0 Å². The molecule has 3 N–H and O–H groups in total. The number of hydrogen-bond acceptors (Lipinski definition) is 11. The fourth-order valence-corrected chi connectivity index (χ4v) is 4.68. The standard InChI is InChI=1S/C26H27N7O4S/c1-6-16-11-23(31-30-16)29-18-13-19-17(12-20(18)34-3)26(32-37-19)33-38-24-21(35-4)9-15(10-22(24)36-5)25-27-8-7-14(2)28-25/h7-13H,6H2,1-5H3,(H,32,33)(H2,29,30,31). The van der Waals surface area contributed by atoms with Gasteiger partial charge >= 0.3 is 0 Å². The van der Waals surface area contributed by atoms with E-state index >= 15 is 0 Å². The van der Waals surface area contributed by atoms with Crippen molar-refractivity contribution in [2.45, 2.75) is 25.2 Å². The second-order valence-electron chi connectivity index (χ2n) is 8.27. The highest BCUT2D eigenvalue weighted by molar-refractivity contribution is 8.00. The summed E-state index contributed by atoms with van der Waals surface area (Å²) < 4.78 is 25.9. The molecule has 3 heterocycles. The third kappa shape index (κ3) is 5.02. The van der Waals surface area contributed by atoms with Crippen LogP contribution in [-0.2, 0) is 6.42 Å². The first kappa shape index (κ1) is 25.2. The molecule has 0 amide bonds. The Morgan fingerprint density at radius 1 is 1.00 bits per heavy atom. The van der Waals surface area contributed by atoms with E-state index in [1.165, 1.54) is 11.9 Å². The fraction of sp³-hybridized carbons (Fsp3) is 0.231. The molecule has 2 aromatic carbocycles. The second-order valence-corrected chi connectivity index (χ2v) is 9.09. The highest BCUT2D eigenvalue weighted by Gasteiger charge is 2.19. The maximum atomic E-state index is 5.68. The minimum atomic E-state index is 0.526. The lowest BCUT2D eigenvalue weighted by Gasteiger charge is -2.15. The van der Waals surface area contributed by atoms with Gasteiger partial charge in [0.1, 0.15) is 22.1 Å². The van der Waals surface area contributed by atoms with Gasteiger partial charge in [0.15, 0.2) is 23.0 Å². The smallest absolute Gasteiger partial charge is 0.187 e. The molecule has 11 nitrogen and oxygen atoms in total. The summed E-state index contributed by atoms with van der Waals surface area (Å²) in [4.78, 5) is 9.62. The maximum Gasteiger partial charge on any atom is 0.187 e. The van der Waals surface area contributed by atoms with Gasteiger partial charge in [-0.3, -0.25) is 5.10 Å². The third-order valence-electron chi connectivity index (χ3n) is 5.83. The van der Waals surface area contributed by atoms with Crippen LogP contribution in [0.4, 0.5) is 17.3 Å². The van der Waals surface area contributed by atoms with Crippen molar-refractivity contribution in [3.05, 3.63) is 54.0 Å². The van der Waals surface area contributed by atoms with E-state index in [-0.39, 0.29) is 0 Å². The summed E-state index contributed by atoms with van der Waals surface area (Å²) >= 11 is 1.29. The van der Waals surface area contributed by atoms with Gasteiger partial charge in [-0.2, -0.15) is 5.10 Å². The molecule has 0 saturated carbocycles. The molecule has 196 valence electrons. The number of aromatic nitrogens is 5. The zero-order valence-corrected chi connectivity index (χ0v) is 22.4. The topological polar surface area (TPSA) is 132 Å². The molecule has 5 rings (SSSR count). The Labute approximate surface area is 223 Å². The van der Waals surface area contributed by atoms with E-state index in [2.05, 4.69) is 42.3 Å². The Hall–Kier alpha value is -4.45. The van der Waals surface area contributed by atoms with E-state index in [9.17, 15) is 0 Å². The molecular formula is C26H27N7O4S. The first-order valence-corrected chi connectivity index (χ1v) is 12.6. The van der Waals surface area contributed by atoms with Gasteiger partial charge in [0.05, 0.1) is 32.4 Å². The van der Waals surface area contributed by atoms with Crippen molar-refractivity contribution < 1.29 is 18.7 Å². The molecule has 0 spiro atoms. The Morgan fingerprint density at radius 3 is 2.42 bits per heavy atom. The van der Waals surface area contributed by atoms with E-state index in [4.69, 9.17) is 18.7 Å². The van der Waals surface area contributed by atoms with Crippen molar-refractivity contribution in [1.82, 2.24) is 25.3 Å². The van der Waals surface area contributed by atoms with E-state index < -0.39 is 0 Å². The summed E-state index contributed by atoms with van der Waals surface area (Å²) in [7, 11) is 4.82. The van der Waals surface area contributed by atoms with Gasteiger partial charge in [0.2, 0.25) is 0 Å². The van der Waals surface area contributed by atoms with E-state index in [1.54, 1.807) is 27.5 Å². The monoisotopic (exact) mass is 533 g/mol. The van der Waals surface area contributed by atoms with Crippen LogP contribution in [0.2, 0.25) is 0 Å². The number of benzene rings is 2. The molecule has 3 aromatic heterocycles. The second kappa shape index (κ2) is 10.9. The number of fused-ring (bicyclic) bond motifs is 1. The van der Waals surface area contributed by atoms with Gasteiger partial charge in [0, 0.05) is 35.3 Å². The maximum absolute atomic E-state index is 5.68. The van der Waals surface area contributed by atoms with Crippen LogP contribution in [0.15, 0.2) is 52.0 Å². The number of anilines is 3. The van der Waals surface area contributed by atoms with Crippen LogP contribution in [0.5, 0.6) is 17.2 Å². The van der Waals surface area contributed by atoms with Gasteiger partial charge in [-0.05, 0) is 49.6 Å². The molecule has 0 aliphatic heterocycles. The average molecular weight is 534 g/mol. The summed E-state index contributed by atoms with van der Waals surface area (Å²) in [6.07, 6.45) is 2.58. The Bertz CT molecular complexity index is 1560. The largest absolute Gasteiger partial charge is 0.495 e. The van der Waals surface area contributed by atoms with Crippen molar-refractivity contribution in [2.75, 3.05) is 31.4 Å². The van der Waals surface area contributed by atoms with Crippen LogP contribution in [0.1, 0.15) is 18.3 Å². The lowest BCUT2D eigenvalue weighted by atomic mass is 10.2. The summed E-state index contributed by atoms with van der Waals surface area (Å²) in [5.41, 5.74) is 3.97. The minimum Gasteiger partial charge on any atom is -0.495 e. The number of ether oxygens (including phenoxy) is 3. The highest BCUT2D eigenvalue weighted by Crippen LogP contribution is 2.42. The molecule has 38 heavy (non-hydrogen) atoms. The van der Waals surface area contributed by atoms with Crippen LogP contribution in [0.25, 0.3) is 22.4 Å². The first-order valence-electron chi connectivity index (χ1n) is 11.8. The van der Waals surface area contributed by atoms with Crippen LogP contribution in [0, 0.1) is 6.92 Å². The molecule has 0 bridgehead atoms. The summed E-state index contributed by atoms with van der Waals surface area (Å²) in [5.74, 6) is 3.62. The molecule has 5 aromatic rings. The third-order valence-corrected chi connectivity index (χ3v) is 6.73. The number of rotatable bonds is 10. The predicted octanol–water partition coefficient (Wildman–Crippen LogP) is 5.77. The number of hydrogen-bond donors (Lipinski definition) is 3. The number of aromatic amines is 1. The predicted molar refractivity (Wildman–Crippen MR) is 147 cm³/mol. The van der Waals surface area contributed by atoms with Crippen LogP contribution < -0.4 is 24.2 Å². The van der Waals surface area contributed by atoms with E-state index in [0.717, 1.165) is 33.7 Å². The summed E-state index contributed by atoms with van der Waals surface area (Å²) in [5, 5.41) is 15.5. The highest BCUT2D eigenvalue weighted by atomic mass is 32.2. The Balaban J connectivity index is 1.42. The zero-order chi connectivity index (χ0) is 26.6. The molecule has 0 atom stereocenters. The number of nitrogens with one attached hydrogen (secondary N) is 3. The van der Waals surface area contributed by atoms with Crippen molar-refractivity contribution in [2.24, 2.45) is 0 Å². The van der Waals surface area contributed by atoms with Gasteiger partial charge in [-0.1, -0.05) is 12.1 Å². The quantitative estimate of drug-likeness (QED) is 0.189. The summed E-state index contributed by atoms with van der Waals surface area (Å²) in [6, 6.07) is 11.2. The van der Waals surface area contributed by atoms with Crippen LogP contribution >= 0.6 is 11.9 Å². The van der Waals surface area contributed by atoms with E-state index in [1.807, 2.05) is 43.3 Å². The van der Waals surface area contributed by atoms with Crippen molar-refractivity contribution in [3.63, 3.8) is 0 Å². The Kier molecular flexibility index (Phi) is 7.22. The molecule has 0 unspecified atom stereocenters. The number of methoxy groups -OCH3 is 3. The molecule has 12 heteroatoms. The molecule has 0 fully saturated rings.